The van der Waals surface area contributed by atoms with Crippen LogP contribution in [0.4, 0.5) is 0 Å². The number of carbonyl (C=O) groups excluding carboxylic acids is 2. The third-order valence-corrected chi connectivity index (χ3v) is 2.48. The van der Waals surface area contributed by atoms with Gasteiger partial charge < -0.3 is 5.11 Å². The average Bonchev–Trinajstić information content (AvgIpc) is 2.35. The summed E-state index contributed by atoms with van der Waals surface area (Å²) in [6.45, 7) is 1.59. The molecule has 2 amide bonds. The summed E-state index contributed by atoms with van der Waals surface area (Å²) in [6.07, 6.45) is 0. The van der Waals surface area contributed by atoms with Crippen molar-refractivity contribution >= 4 is 33.7 Å². The standard InChI is InChI=1S/C11H11BrN2O4/c1-6(12)9(15)13-14-10(16)7-4-2-3-5-8(7)11(17)18/h2-6H,1H3,(H,13,15)(H,14,16)(H,17,18). The lowest BCUT2D eigenvalue weighted by molar-refractivity contribution is -0.120. The van der Waals surface area contributed by atoms with Crippen molar-refractivity contribution < 1.29 is 19.5 Å². The van der Waals surface area contributed by atoms with Gasteiger partial charge in [-0.05, 0) is 19.1 Å². The Labute approximate surface area is 111 Å². The van der Waals surface area contributed by atoms with E-state index in [9.17, 15) is 14.4 Å². The molecule has 0 saturated carbocycles. The minimum absolute atomic E-state index is 0.0208. The van der Waals surface area contributed by atoms with E-state index in [1.54, 1.807) is 6.92 Å². The Morgan fingerprint density at radius 2 is 1.72 bits per heavy atom. The summed E-state index contributed by atoms with van der Waals surface area (Å²) in [5.74, 6) is -2.33. The molecule has 6 nitrogen and oxygen atoms in total. The maximum atomic E-state index is 11.7. The molecule has 0 spiro atoms. The summed E-state index contributed by atoms with van der Waals surface area (Å²) in [5, 5.41) is 8.91. The van der Waals surface area contributed by atoms with E-state index in [1.165, 1.54) is 24.3 Å². The van der Waals surface area contributed by atoms with Crippen LogP contribution in [0.1, 0.15) is 27.6 Å². The van der Waals surface area contributed by atoms with E-state index >= 15 is 0 Å². The number of hydrogen-bond donors (Lipinski definition) is 3. The van der Waals surface area contributed by atoms with Crippen LogP contribution in [-0.2, 0) is 4.79 Å². The Morgan fingerprint density at radius 3 is 2.22 bits per heavy atom. The Morgan fingerprint density at radius 1 is 1.17 bits per heavy atom. The van der Waals surface area contributed by atoms with E-state index in [0.29, 0.717) is 0 Å². The van der Waals surface area contributed by atoms with Crippen molar-refractivity contribution in [3.05, 3.63) is 35.4 Å². The number of aromatic carboxylic acids is 1. The topological polar surface area (TPSA) is 95.5 Å². The van der Waals surface area contributed by atoms with Crippen molar-refractivity contribution in [2.24, 2.45) is 0 Å². The predicted octanol–water partition coefficient (Wildman–Crippen LogP) is 0.929. The van der Waals surface area contributed by atoms with Crippen molar-refractivity contribution in [2.75, 3.05) is 0 Å². The first-order valence-corrected chi connectivity index (χ1v) is 5.91. The van der Waals surface area contributed by atoms with Crippen LogP contribution in [0.3, 0.4) is 0 Å². The van der Waals surface area contributed by atoms with Crippen LogP contribution in [0.15, 0.2) is 24.3 Å². The Kier molecular flexibility index (Phi) is 4.85. The van der Waals surface area contributed by atoms with E-state index in [1.807, 2.05) is 0 Å². The van der Waals surface area contributed by atoms with Crippen LogP contribution in [0.2, 0.25) is 0 Å². The van der Waals surface area contributed by atoms with Gasteiger partial charge in [-0.2, -0.15) is 0 Å². The lowest BCUT2D eigenvalue weighted by atomic mass is 10.1. The van der Waals surface area contributed by atoms with E-state index in [-0.39, 0.29) is 11.1 Å². The first-order valence-electron chi connectivity index (χ1n) is 5.00. The van der Waals surface area contributed by atoms with Crippen LogP contribution in [0.5, 0.6) is 0 Å². The number of rotatable bonds is 3. The van der Waals surface area contributed by atoms with Gasteiger partial charge in [0.05, 0.1) is 16.0 Å². The molecule has 1 atom stereocenters. The molecular formula is C11H11BrN2O4. The number of carboxylic acids is 1. The Bertz CT molecular complexity index is 488. The summed E-state index contributed by atoms with van der Waals surface area (Å²) in [6, 6.07) is 5.73. The maximum absolute atomic E-state index is 11.7. The van der Waals surface area contributed by atoms with Crippen molar-refractivity contribution in [3.8, 4) is 0 Å². The summed E-state index contributed by atoms with van der Waals surface area (Å²) >= 11 is 3.03. The molecule has 1 aromatic carbocycles. The van der Waals surface area contributed by atoms with Crippen molar-refractivity contribution in [1.29, 1.82) is 0 Å². The number of alkyl halides is 1. The molecule has 0 fully saturated rings. The number of halogens is 1. The molecule has 1 aromatic rings. The predicted molar refractivity (Wildman–Crippen MR) is 67.4 cm³/mol. The number of hydrogen-bond acceptors (Lipinski definition) is 3. The van der Waals surface area contributed by atoms with E-state index < -0.39 is 22.6 Å². The second kappa shape index (κ2) is 6.15. The van der Waals surface area contributed by atoms with Crippen LogP contribution in [-0.4, -0.2) is 27.7 Å². The molecule has 1 rings (SSSR count). The van der Waals surface area contributed by atoms with Gasteiger partial charge in [-0.25, -0.2) is 4.79 Å². The average molecular weight is 315 g/mol. The highest BCUT2D eigenvalue weighted by molar-refractivity contribution is 9.10. The molecule has 0 bridgehead atoms. The van der Waals surface area contributed by atoms with Crippen molar-refractivity contribution in [2.45, 2.75) is 11.8 Å². The Balaban J connectivity index is 2.79. The molecule has 0 aliphatic rings. The summed E-state index contributed by atoms with van der Waals surface area (Å²) < 4.78 is 0. The van der Waals surface area contributed by atoms with Gasteiger partial charge in [-0.15, -0.1) is 0 Å². The maximum Gasteiger partial charge on any atom is 0.336 e. The van der Waals surface area contributed by atoms with Gasteiger partial charge >= 0.3 is 5.97 Å². The zero-order chi connectivity index (χ0) is 13.7. The smallest absolute Gasteiger partial charge is 0.336 e. The zero-order valence-electron chi connectivity index (χ0n) is 9.44. The normalized spacial score (nSPS) is 11.4. The fourth-order valence-corrected chi connectivity index (χ4v) is 1.27. The summed E-state index contributed by atoms with van der Waals surface area (Å²) in [5.41, 5.74) is 4.16. The minimum atomic E-state index is -1.21. The molecule has 0 saturated heterocycles. The largest absolute Gasteiger partial charge is 0.478 e. The summed E-state index contributed by atoms with van der Waals surface area (Å²) in [4.78, 5) is 33.3. The SMILES string of the molecule is CC(Br)C(=O)NNC(=O)c1ccccc1C(=O)O. The molecule has 0 aromatic heterocycles. The highest BCUT2D eigenvalue weighted by Crippen LogP contribution is 2.08. The summed E-state index contributed by atoms with van der Waals surface area (Å²) in [7, 11) is 0. The number of carbonyl (C=O) groups is 3. The van der Waals surface area contributed by atoms with Crippen LogP contribution >= 0.6 is 15.9 Å². The number of nitrogens with one attached hydrogen (secondary N) is 2. The van der Waals surface area contributed by atoms with Gasteiger partial charge in [-0.1, -0.05) is 28.1 Å². The monoisotopic (exact) mass is 314 g/mol. The van der Waals surface area contributed by atoms with Crippen molar-refractivity contribution in [3.63, 3.8) is 0 Å². The van der Waals surface area contributed by atoms with Gasteiger partial charge in [-0.3, -0.25) is 20.4 Å². The molecule has 3 N–H and O–H groups in total. The molecule has 96 valence electrons. The Hall–Kier alpha value is -1.89. The molecule has 0 aliphatic carbocycles. The quantitative estimate of drug-likeness (QED) is 0.571. The highest BCUT2D eigenvalue weighted by Gasteiger charge is 2.16. The first-order chi connectivity index (χ1) is 8.43. The van der Waals surface area contributed by atoms with Gasteiger partial charge in [0.15, 0.2) is 0 Å². The molecule has 7 heteroatoms. The fraction of sp³-hybridized carbons (Fsp3) is 0.182. The lowest BCUT2D eigenvalue weighted by Gasteiger charge is -2.09. The van der Waals surface area contributed by atoms with E-state index in [0.717, 1.165) is 0 Å². The number of amides is 2. The lowest BCUT2D eigenvalue weighted by Crippen LogP contribution is -2.44. The molecule has 0 radical (unpaired) electrons. The second-order valence-electron chi connectivity index (χ2n) is 3.41. The number of carboxylic acid groups (broad SMARTS) is 1. The van der Waals surface area contributed by atoms with Crippen LogP contribution in [0.25, 0.3) is 0 Å². The van der Waals surface area contributed by atoms with Gasteiger partial charge in [0.25, 0.3) is 11.8 Å². The van der Waals surface area contributed by atoms with Gasteiger partial charge in [0.2, 0.25) is 0 Å². The molecule has 0 aliphatic heterocycles. The zero-order valence-corrected chi connectivity index (χ0v) is 11.0. The van der Waals surface area contributed by atoms with Gasteiger partial charge in [0, 0.05) is 0 Å². The first kappa shape index (κ1) is 14.2. The third kappa shape index (κ3) is 3.56. The van der Waals surface area contributed by atoms with E-state index in [4.69, 9.17) is 5.11 Å². The van der Waals surface area contributed by atoms with Crippen LogP contribution < -0.4 is 10.9 Å². The van der Waals surface area contributed by atoms with Crippen molar-refractivity contribution in [1.82, 2.24) is 10.9 Å². The molecule has 0 heterocycles. The minimum Gasteiger partial charge on any atom is -0.478 e. The van der Waals surface area contributed by atoms with E-state index in [2.05, 4.69) is 26.8 Å². The number of benzene rings is 1. The fourth-order valence-electron chi connectivity index (χ4n) is 1.15. The third-order valence-electron chi connectivity index (χ3n) is 2.06. The number of hydrazine groups is 1. The second-order valence-corrected chi connectivity index (χ2v) is 4.78. The van der Waals surface area contributed by atoms with Gasteiger partial charge in [0.1, 0.15) is 0 Å². The molecular weight excluding hydrogens is 304 g/mol. The van der Waals surface area contributed by atoms with Crippen LogP contribution in [0, 0.1) is 0 Å². The molecule has 1 unspecified atom stereocenters. The molecule has 18 heavy (non-hydrogen) atoms. The highest BCUT2D eigenvalue weighted by atomic mass is 79.9.